The summed E-state index contributed by atoms with van der Waals surface area (Å²) in [4.78, 5) is 11.3. The zero-order valence-corrected chi connectivity index (χ0v) is 8.60. The van der Waals surface area contributed by atoms with Gasteiger partial charge in [0.25, 0.3) is 0 Å². The number of amides is 1. The zero-order chi connectivity index (χ0) is 11.1. The largest absolute Gasteiger partial charge is 0.350 e. The summed E-state index contributed by atoms with van der Waals surface area (Å²) in [7, 11) is 0. The molecule has 0 bridgehead atoms. The summed E-state index contributed by atoms with van der Waals surface area (Å²) in [6.07, 6.45) is 0. The van der Waals surface area contributed by atoms with Crippen LogP contribution < -0.4 is 11.1 Å². The molecule has 1 heterocycles. The first kappa shape index (κ1) is 11.4. The third-order valence-electron chi connectivity index (χ3n) is 3.33. The molecule has 0 aromatic rings. The molecule has 3 N–H and O–H groups in total. The summed E-state index contributed by atoms with van der Waals surface area (Å²) < 4.78 is 28.1. The molecule has 4 atom stereocenters. The van der Waals surface area contributed by atoms with Crippen LogP contribution in [0.1, 0.15) is 20.8 Å². The van der Waals surface area contributed by atoms with Crippen LogP contribution in [-0.2, 0) is 4.79 Å². The van der Waals surface area contributed by atoms with Gasteiger partial charge in [0, 0.05) is 6.54 Å². The smallest absolute Gasteiger partial charge is 0.228 e. The number of rotatable bonds is 1. The number of piperidine rings is 1. The third-order valence-corrected chi connectivity index (χ3v) is 3.33. The van der Waals surface area contributed by atoms with Crippen molar-refractivity contribution in [3.8, 4) is 0 Å². The minimum absolute atomic E-state index is 0.189. The summed E-state index contributed by atoms with van der Waals surface area (Å²) in [5.41, 5.74) is 0.957. The van der Waals surface area contributed by atoms with Gasteiger partial charge in [-0.25, -0.2) is 8.78 Å². The molecule has 4 unspecified atom stereocenters. The number of halogens is 2. The summed E-state index contributed by atoms with van der Waals surface area (Å²) in [5.74, 6) is -1.63. The lowest BCUT2D eigenvalue weighted by atomic mass is 9.71. The Morgan fingerprint density at radius 3 is 2.36 bits per heavy atom. The van der Waals surface area contributed by atoms with Crippen LogP contribution in [0.25, 0.3) is 0 Å². The van der Waals surface area contributed by atoms with E-state index in [1.807, 2.05) is 0 Å². The maximum absolute atomic E-state index is 14.1. The molecule has 3 nitrogen and oxygen atoms in total. The second kappa shape index (κ2) is 3.15. The minimum atomic E-state index is -2.22. The minimum Gasteiger partial charge on any atom is -0.350 e. The molecule has 1 amide bonds. The van der Waals surface area contributed by atoms with Crippen LogP contribution in [0.3, 0.4) is 0 Å². The Balaban J connectivity index is 3.09. The Bertz CT molecular complexity index is 253. The molecule has 0 aromatic carbocycles. The van der Waals surface area contributed by atoms with Gasteiger partial charge in [0.1, 0.15) is 0 Å². The topological polar surface area (TPSA) is 55.1 Å². The van der Waals surface area contributed by atoms with E-state index in [2.05, 4.69) is 5.32 Å². The molecular weight excluding hydrogens is 190 g/mol. The SMILES string of the molecule is CC1NC(=O)C(CN)C(C)(F)C1(C)F. The van der Waals surface area contributed by atoms with Crippen molar-refractivity contribution in [2.24, 2.45) is 11.7 Å². The highest BCUT2D eigenvalue weighted by Gasteiger charge is 2.60. The number of nitrogens with two attached hydrogens (primary N) is 1. The van der Waals surface area contributed by atoms with E-state index in [0.29, 0.717) is 0 Å². The Morgan fingerprint density at radius 1 is 1.43 bits per heavy atom. The summed E-state index contributed by atoms with van der Waals surface area (Å²) in [6, 6.07) is -0.840. The second-order valence-electron chi connectivity index (χ2n) is 4.17. The van der Waals surface area contributed by atoms with Gasteiger partial charge in [-0.2, -0.15) is 0 Å². The van der Waals surface area contributed by atoms with Crippen molar-refractivity contribution < 1.29 is 13.6 Å². The van der Waals surface area contributed by atoms with Gasteiger partial charge in [-0.3, -0.25) is 4.79 Å². The van der Waals surface area contributed by atoms with Gasteiger partial charge in [-0.15, -0.1) is 0 Å². The van der Waals surface area contributed by atoms with Crippen molar-refractivity contribution in [3.05, 3.63) is 0 Å². The van der Waals surface area contributed by atoms with Crippen molar-refractivity contribution >= 4 is 5.91 Å². The fourth-order valence-corrected chi connectivity index (χ4v) is 1.79. The normalized spacial score (nSPS) is 48.9. The Labute approximate surface area is 82.0 Å². The maximum atomic E-state index is 14.1. The van der Waals surface area contributed by atoms with E-state index in [-0.39, 0.29) is 6.54 Å². The molecule has 0 aromatic heterocycles. The standard InChI is InChI=1S/C9H16F2N2O/c1-5-8(2,10)9(3,11)6(4-12)7(14)13-5/h5-6H,4,12H2,1-3H3,(H,13,14). The van der Waals surface area contributed by atoms with E-state index in [1.54, 1.807) is 0 Å². The lowest BCUT2D eigenvalue weighted by molar-refractivity contribution is -0.152. The lowest BCUT2D eigenvalue weighted by Crippen LogP contribution is -2.69. The maximum Gasteiger partial charge on any atom is 0.228 e. The highest BCUT2D eigenvalue weighted by molar-refractivity contribution is 5.82. The van der Waals surface area contributed by atoms with Crippen LogP contribution >= 0.6 is 0 Å². The van der Waals surface area contributed by atoms with Crippen molar-refractivity contribution in [1.82, 2.24) is 5.32 Å². The van der Waals surface area contributed by atoms with Crippen LogP contribution in [0.5, 0.6) is 0 Å². The molecule has 1 aliphatic heterocycles. The fourth-order valence-electron chi connectivity index (χ4n) is 1.79. The van der Waals surface area contributed by atoms with Gasteiger partial charge in [0.2, 0.25) is 5.91 Å². The first-order valence-electron chi connectivity index (χ1n) is 4.63. The number of hydrogen-bond acceptors (Lipinski definition) is 2. The Kier molecular flexibility index (Phi) is 2.56. The number of alkyl halides is 2. The van der Waals surface area contributed by atoms with Crippen LogP contribution in [0, 0.1) is 5.92 Å². The number of carbonyl (C=O) groups excluding carboxylic acids is 1. The molecule has 5 heteroatoms. The number of nitrogens with one attached hydrogen (secondary N) is 1. The molecule has 0 aliphatic carbocycles. The molecule has 82 valence electrons. The molecule has 0 saturated carbocycles. The van der Waals surface area contributed by atoms with Gasteiger partial charge >= 0.3 is 0 Å². The van der Waals surface area contributed by atoms with Crippen LogP contribution in [-0.4, -0.2) is 29.8 Å². The molecule has 0 spiro atoms. The third kappa shape index (κ3) is 1.30. The van der Waals surface area contributed by atoms with E-state index >= 15 is 0 Å². The van der Waals surface area contributed by atoms with Gasteiger partial charge < -0.3 is 11.1 Å². The van der Waals surface area contributed by atoms with Crippen molar-refractivity contribution in [3.63, 3.8) is 0 Å². The quantitative estimate of drug-likeness (QED) is 0.657. The molecule has 1 fully saturated rings. The Hall–Kier alpha value is -0.710. The van der Waals surface area contributed by atoms with Crippen LogP contribution in [0.4, 0.5) is 8.78 Å². The van der Waals surface area contributed by atoms with E-state index in [1.165, 1.54) is 6.92 Å². The monoisotopic (exact) mass is 206 g/mol. The van der Waals surface area contributed by atoms with Crippen molar-refractivity contribution in [1.29, 1.82) is 0 Å². The Morgan fingerprint density at radius 2 is 1.93 bits per heavy atom. The zero-order valence-electron chi connectivity index (χ0n) is 8.60. The number of carbonyl (C=O) groups is 1. The van der Waals surface area contributed by atoms with Crippen LogP contribution in [0.15, 0.2) is 0 Å². The van der Waals surface area contributed by atoms with Gasteiger partial charge in [-0.05, 0) is 20.8 Å². The van der Waals surface area contributed by atoms with Crippen molar-refractivity contribution in [2.75, 3.05) is 6.54 Å². The fraction of sp³-hybridized carbons (Fsp3) is 0.889. The van der Waals surface area contributed by atoms with E-state index < -0.39 is 29.2 Å². The van der Waals surface area contributed by atoms with E-state index in [0.717, 1.165) is 13.8 Å². The first-order chi connectivity index (χ1) is 6.25. The molecular formula is C9H16F2N2O. The average Bonchev–Trinajstić information content (AvgIpc) is 2.02. The molecule has 1 rings (SSSR count). The second-order valence-corrected chi connectivity index (χ2v) is 4.17. The number of hydrogen-bond donors (Lipinski definition) is 2. The molecule has 14 heavy (non-hydrogen) atoms. The average molecular weight is 206 g/mol. The highest BCUT2D eigenvalue weighted by atomic mass is 19.2. The molecule has 0 radical (unpaired) electrons. The van der Waals surface area contributed by atoms with Crippen LogP contribution in [0.2, 0.25) is 0 Å². The first-order valence-corrected chi connectivity index (χ1v) is 4.63. The predicted octanol–water partition coefficient (Wildman–Crippen LogP) is 0.536. The summed E-state index contributed by atoms with van der Waals surface area (Å²) >= 11 is 0. The van der Waals surface area contributed by atoms with E-state index in [4.69, 9.17) is 5.73 Å². The van der Waals surface area contributed by atoms with E-state index in [9.17, 15) is 13.6 Å². The highest BCUT2D eigenvalue weighted by Crippen LogP contribution is 2.41. The van der Waals surface area contributed by atoms with Gasteiger partial charge in [0.15, 0.2) is 11.3 Å². The molecule has 1 aliphatic rings. The van der Waals surface area contributed by atoms with Crippen molar-refractivity contribution in [2.45, 2.75) is 38.2 Å². The summed E-state index contributed by atoms with van der Waals surface area (Å²) in [5, 5.41) is 2.39. The molecule has 1 saturated heterocycles. The predicted molar refractivity (Wildman–Crippen MR) is 49.2 cm³/mol. The van der Waals surface area contributed by atoms with Gasteiger partial charge in [-0.1, -0.05) is 0 Å². The van der Waals surface area contributed by atoms with Gasteiger partial charge in [0.05, 0.1) is 12.0 Å². The lowest BCUT2D eigenvalue weighted by Gasteiger charge is -2.46. The summed E-state index contributed by atoms with van der Waals surface area (Å²) in [6.45, 7) is 3.51.